The molecule has 7 rings (SSSR count). The molecule has 1 amide bonds. The molecule has 3 aliphatic carbocycles. The summed E-state index contributed by atoms with van der Waals surface area (Å²) in [7, 11) is -1.74. The Morgan fingerprint density at radius 1 is 0.936 bits per heavy atom. The number of rotatable bonds is 11. The van der Waals surface area contributed by atoms with Crippen LogP contribution in [0.2, 0.25) is 0 Å². The van der Waals surface area contributed by atoms with Gasteiger partial charge in [0, 0.05) is 35.8 Å². The number of amides is 1. The molecule has 5 fully saturated rings. The van der Waals surface area contributed by atoms with E-state index < -0.39 is 9.84 Å². The molecule has 2 heterocycles. The van der Waals surface area contributed by atoms with Crippen molar-refractivity contribution in [1.29, 1.82) is 0 Å². The lowest BCUT2D eigenvalue weighted by atomic mass is 9.57. The molecule has 2 aliphatic heterocycles. The maximum Gasteiger partial charge on any atom is 0.407 e. The van der Waals surface area contributed by atoms with Gasteiger partial charge in [0.15, 0.2) is 9.84 Å². The smallest absolute Gasteiger partial charge is 0.407 e. The number of nitrogens with one attached hydrogen (secondary N) is 2. The molecule has 0 radical (unpaired) electrons. The van der Waals surface area contributed by atoms with E-state index in [2.05, 4.69) is 26.5 Å². The highest BCUT2D eigenvalue weighted by atomic mass is 32.2. The number of anilines is 1. The topological polar surface area (TPSA) is 91.0 Å². The van der Waals surface area contributed by atoms with E-state index in [0.717, 1.165) is 108 Å². The Hall–Kier alpha value is -2.69. The number of methoxy groups -OCH3 is 1. The third kappa shape index (κ3) is 6.79. The maximum atomic E-state index is 15.0. The molecule has 10 heteroatoms. The Morgan fingerprint density at radius 2 is 1.70 bits per heavy atom. The number of alkyl carbamates (subject to hydrolysis) is 1. The van der Waals surface area contributed by atoms with Gasteiger partial charge in [0.05, 0.1) is 17.3 Å². The minimum atomic E-state index is -3.17. The summed E-state index contributed by atoms with van der Waals surface area (Å²) in [6.45, 7) is 5.10. The third-order valence-electron chi connectivity index (χ3n) is 12.2. The van der Waals surface area contributed by atoms with Crippen LogP contribution in [-0.4, -0.2) is 87.5 Å². The van der Waals surface area contributed by atoms with Gasteiger partial charge in [-0.3, -0.25) is 0 Å². The fraction of sp³-hybridized carbons (Fsp3) is 0.649. The van der Waals surface area contributed by atoms with Gasteiger partial charge in [-0.05, 0) is 144 Å². The van der Waals surface area contributed by atoms with Crippen molar-refractivity contribution in [3.8, 4) is 0 Å². The summed E-state index contributed by atoms with van der Waals surface area (Å²) in [6, 6.07) is 15.6. The molecule has 256 valence electrons. The van der Waals surface area contributed by atoms with Crippen LogP contribution in [0.1, 0.15) is 76.2 Å². The van der Waals surface area contributed by atoms with Gasteiger partial charge in [0.1, 0.15) is 5.82 Å². The maximum absolute atomic E-state index is 15.0. The number of halogens is 1. The van der Waals surface area contributed by atoms with Gasteiger partial charge in [0.2, 0.25) is 0 Å². The molecule has 5 aliphatic rings. The van der Waals surface area contributed by atoms with Crippen LogP contribution in [0.4, 0.5) is 14.9 Å². The molecule has 8 nitrogen and oxygen atoms in total. The summed E-state index contributed by atoms with van der Waals surface area (Å²) in [6.07, 6.45) is 10.8. The molecule has 0 bridgehead atoms. The van der Waals surface area contributed by atoms with E-state index >= 15 is 0 Å². The summed E-state index contributed by atoms with van der Waals surface area (Å²) in [5, 5.41) is 6.69. The first-order chi connectivity index (χ1) is 22.8. The minimum Gasteiger partial charge on any atom is -0.453 e. The fourth-order valence-corrected chi connectivity index (χ4v) is 11.1. The van der Waals surface area contributed by atoms with Crippen molar-refractivity contribution >= 4 is 21.6 Å². The molecule has 47 heavy (non-hydrogen) atoms. The Bertz CT molecular complexity index is 1510. The first-order valence-corrected chi connectivity index (χ1v) is 19.5. The Labute approximate surface area is 279 Å². The van der Waals surface area contributed by atoms with Gasteiger partial charge in [-0.1, -0.05) is 18.6 Å². The normalized spacial score (nSPS) is 28.8. The Kier molecular flexibility index (Phi) is 9.55. The fourth-order valence-electron chi connectivity index (χ4n) is 9.49. The van der Waals surface area contributed by atoms with Gasteiger partial charge < -0.3 is 25.2 Å². The monoisotopic (exact) mass is 666 g/mol. The van der Waals surface area contributed by atoms with Crippen LogP contribution in [0.25, 0.3) is 0 Å². The SMILES string of the molecule is COC(=O)N[C@H]1CCC[C@@H]1C(CN1CCC1)(c1cccc(F)c1)C1CCN(C2CC[C@H](Nc3ccc(S(=O)(=O)C4CC4)cc3)C2)CC1. The average molecular weight is 667 g/mol. The molecule has 2 saturated heterocycles. The molecular formula is C37H51FN4O4S. The van der Waals surface area contributed by atoms with E-state index in [-0.39, 0.29) is 34.5 Å². The average Bonchev–Trinajstić information content (AvgIpc) is 3.67. The molecule has 2 unspecified atom stereocenters. The van der Waals surface area contributed by atoms with Gasteiger partial charge in [-0.15, -0.1) is 0 Å². The number of nitrogens with zero attached hydrogens (tertiary/aromatic N) is 2. The van der Waals surface area contributed by atoms with Crippen molar-refractivity contribution < 1.29 is 22.3 Å². The second kappa shape index (κ2) is 13.7. The van der Waals surface area contributed by atoms with E-state index in [1.165, 1.54) is 13.5 Å². The quantitative estimate of drug-likeness (QED) is 0.305. The van der Waals surface area contributed by atoms with Crippen LogP contribution in [0, 0.1) is 17.7 Å². The highest BCUT2D eigenvalue weighted by Crippen LogP contribution is 2.52. The van der Waals surface area contributed by atoms with E-state index in [1.54, 1.807) is 24.3 Å². The molecule has 2 aromatic rings. The predicted octanol–water partition coefficient (Wildman–Crippen LogP) is 5.98. The number of likely N-dealkylation sites (tertiary alicyclic amines) is 2. The molecule has 2 N–H and O–H groups in total. The lowest BCUT2D eigenvalue weighted by molar-refractivity contribution is 0.0180. The number of carbonyl (C=O) groups is 1. The van der Waals surface area contributed by atoms with Crippen LogP contribution < -0.4 is 10.6 Å². The van der Waals surface area contributed by atoms with Crippen LogP contribution in [0.15, 0.2) is 53.4 Å². The molecule has 2 aromatic carbocycles. The number of sulfone groups is 1. The number of hydrogen-bond donors (Lipinski definition) is 2. The van der Waals surface area contributed by atoms with Crippen molar-refractivity contribution in [2.24, 2.45) is 11.8 Å². The van der Waals surface area contributed by atoms with Gasteiger partial charge in [-0.2, -0.15) is 0 Å². The van der Waals surface area contributed by atoms with Crippen LogP contribution in [-0.2, 0) is 20.0 Å². The van der Waals surface area contributed by atoms with Crippen molar-refractivity contribution in [2.45, 2.75) is 104 Å². The zero-order valence-corrected chi connectivity index (χ0v) is 28.5. The van der Waals surface area contributed by atoms with Crippen LogP contribution in [0.5, 0.6) is 0 Å². The first-order valence-electron chi connectivity index (χ1n) is 17.9. The van der Waals surface area contributed by atoms with E-state index in [9.17, 15) is 17.6 Å². The Balaban J connectivity index is 1.05. The molecule has 0 aromatic heterocycles. The first kappa shape index (κ1) is 32.8. The van der Waals surface area contributed by atoms with Gasteiger partial charge in [0.25, 0.3) is 0 Å². The Morgan fingerprint density at radius 3 is 2.36 bits per heavy atom. The largest absolute Gasteiger partial charge is 0.453 e. The van der Waals surface area contributed by atoms with Gasteiger partial charge in [-0.25, -0.2) is 17.6 Å². The molecular weight excluding hydrogens is 615 g/mol. The van der Waals surface area contributed by atoms with Crippen molar-refractivity contribution in [3.05, 3.63) is 59.9 Å². The number of ether oxygens (including phenoxy) is 1. The molecule has 5 atom stereocenters. The summed E-state index contributed by atoms with van der Waals surface area (Å²) >= 11 is 0. The summed E-state index contributed by atoms with van der Waals surface area (Å²) < 4.78 is 45.2. The highest BCUT2D eigenvalue weighted by molar-refractivity contribution is 7.92. The number of carbonyl (C=O) groups excluding carboxylic acids is 1. The molecule has 3 saturated carbocycles. The number of piperidine rings is 1. The second-order valence-electron chi connectivity index (χ2n) is 14.8. The highest BCUT2D eigenvalue weighted by Gasteiger charge is 2.53. The number of hydrogen-bond acceptors (Lipinski definition) is 7. The van der Waals surface area contributed by atoms with Crippen molar-refractivity contribution in [3.63, 3.8) is 0 Å². The third-order valence-corrected chi connectivity index (χ3v) is 14.4. The standard InChI is InChI=1S/C37H51FN4O4S/c1-46-36(43)40-35-8-3-7-34(35)37(25-41-19-4-20-41,27-5-2-6-28(38)23-27)26-17-21-42(22-18-26)31-12-9-30(24-31)39-29-10-13-32(14-11-29)47(44,45)33-15-16-33/h2,5-6,10-11,13-14,23,26,30-31,33-35,39H,3-4,7-9,12,15-22,24-25H2,1H3,(H,40,43)/t30-,31?,34-,35-,37?/m0/s1. The van der Waals surface area contributed by atoms with E-state index in [1.807, 2.05) is 18.2 Å². The molecule has 0 spiro atoms. The van der Waals surface area contributed by atoms with E-state index in [0.29, 0.717) is 22.9 Å². The summed E-state index contributed by atoms with van der Waals surface area (Å²) in [4.78, 5) is 18.1. The lowest BCUT2D eigenvalue weighted by Crippen LogP contribution is -2.59. The van der Waals surface area contributed by atoms with E-state index in [4.69, 9.17) is 4.74 Å². The van der Waals surface area contributed by atoms with Crippen LogP contribution >= 0.6 is 0 Å². The summed E-state index contributed by atoms with van der Waals surface area (Å²) in [5.41, 5.74) is 1.82. The van der Waals surface area contributed by atoms with Crippen LogP contribution in [0.3, 0.4) is 0 Å². The summed E-state index contributed by atoms with van der Waals surface area (Å²) in [5.74, 6) is 0.408. The lowest BCUT2D eigenvalue weighted by Gasteiger charge is -2.54. The van der Waals surface area contributed by atoms with Gasteiger partial charge >= 0.3 is 6.09 Å². The minimum absolute atomic E-state index is 0.00886. The zero-order chi connectivity index (χ0) is 32.6. The predicted molar refractivity (Wildman–Crippen MR) is 182 cm³/mol. The van der Waals surface area contributed by atoms with Crippen molar-refractivity contribution in [2.75, 3.05) is 45.2 Å². The van der Waals surface area contributed by atoms with Crippen molar-refractivity contribution in [1.82, 2.24) is 15.1 Å². The second-order valence-corrected chi connectivity index (χ2v) is 17.1. The number of benzene rings is 2. The zero-order valence-electron chi connectivity index (χ0n) is 27.7.